The van der Waals surface area contributed by atoms with Gasteiger partial charge in [0.1, 0.15) is 7.14 Å². The molecule has 1 heterocycles. The molecule has 0 aliphatic heterocycles. The number of hydrogen-bond acceptors (Lipinski definition) is 1. The highest BCUT2D eigenvalue weighted by Crippen LogP contribution is 2.36. The van der Waals surface area contributed by atoms with E-state index in [4.69, 9.17) is 0 Å². The first kappa shape index (κ1) is 8.58. The molecule has 1 N–H and O–H groups in total. The SMILES string of the molecule is CP(C)(=O)c1cccc2cc[nH]c12. The van der Waals surface area contributed by atoms with Crippen molar-refractivity contribution in [3.63, 3.8) is 0 Å². The van der Waals surface area contributed by atoms with Gasteiger partial charge in [0, 0.05) is 16.9 Å². The number of aromatic nitrogens is 1. The van der Waals surface area contributed by atoms with E-state index in [0.717, 1.165) is 16.2 Å². The summed E-state index contributed by atoms with van der Waals surface area (Å²) in [5.41, 5.74) is 1.01. The van der Waals surface area contributed by atoms with Crippen LogP contribution >= 0.6 is 7.14 Å². The van der Waals surface area contributed by atoms with E-state index in [9.17, 15) is 4.57 Å². The summed E-state index contributed by atoms with van der Waals surface area (Å²) >= 11 is 0. The molecule has 13 heavy (non-hydrogen) atoms. The van der Waals surface area contributed by atoms with Gasteiger partial charge in [0.25, 0.3) is 0 Å². The minimum Gasteiger partial charge on any atom is -0.361 e. The van der Waals surface area contributed by atoms with E-state index in [2.05, 4.69) is 4.98 Å². The lowest BCUT2D eigenvalue weighted by Gasteiger charge is -2.07. The summed E-state index contributed by atoms with van der Waals surface area (Å²) in [6.07, 6.45) is 1.88. The molecule has 0 bridgehead atoms. The normalized spacial score (nSPS) is 12.2. The quantitative estimate of drug-likeness (QED) is 0.693. The van der Waals surface area contributed by atoms with Crippen LogP contribution in [0.3, 0.4) is 0 Å². The summed E-state index contributed by atoms with van der Waals surface area (Å²) in [7, 11) is -2.16. The number of fused-ring (bicyclic) bond motifs is 1. The van der Waals surface area contributed by atoms with Crippen molar-refractivity contribution < 1.29 is 4.57 Å². The standard InChI is InChI=1S/C10H12NOP/c1-13(2,12)9-5-3-4-8-6-7-11-10(8)9/h3-7,11H,1-2H3. The lowest BCUT2D eigenvalue weighted by molar-refractivity contribution is 0.588. The van der Waals surface area contributed by atoms with Crippen LogP contribution in [0.15, 0.2) is 30.5 Å². The highest BCUT2D eigenvalue weighted by molar-refractivity contribution is 7.70. The summed E-state index contributed by atoms with van der Waals surface area (Å²) in [6.45, 7) is 3.59. The second kappa shape index (κ2) is 2.74. The number of H-pyrrole nitrogens is 1. The summed E-state index contributed by atoms with van der Waals surface area (Å²) < 4.78 is 11.9. The fourth-order valence-electron chi connectivity index (χ4n) is 1.52. The summed E-state index contributed by atoms with van der Waals surface area (Å²) in [4.78, 5) is 3.12. The predicted molar refractivity (Wildman–Crippen MR) is 57.4 cm³/mol. The Kier molecular flexibility index (Phi) is 1.81. The van der Waals surface area contributed by atoms with E-state index >= 15 is 0 Å². The first-order valence-electron chi connectivity index (χ1n) is 4.21. The van der Waals surface area contributed by atoms with Gasteiger partial charge in [-0.1, -0.05) is 12.1 Å². The first-order valence-corrected chi connectivity index (χ1v) is 6.81. The molecule has 3 heteroatoms. The average Bonchev–Trinajstić information content (AvgIpc) is 2.48. The van der Waals surface area contributed by atoms with Gasteiger partial charge in [-0.05, 0) is 25.5 Å². The fourth-order valence-corrected chi connectivity index (χ4v) is 2.69. The highest BCUT2D eigenvalue weighted by atomic mass is 31.2. The Morgan fingerprint density at radius 1 is 1.23 bits per heavy atom. The Bertz CT molecular complexity index is 480. The van der Waals surface area contributed by atoms with E-state index in [-0.39, 0.29) is 0 Å². The Morgan fingerprint density at radius 3 is 2.69 bits per heavy atom. The maximum Gasteiger partial charge on any atom is 0.111 e. The molecular weight excluding hydrogens is 181 g/mol. The largest absolute Gasteiger partial charge is 0.361 e. The van der Waals surface area contributed by atoms with E-state index in [0.29, 0.717) is 0 Å². The van der Waals surface area contributed by atoms with Crippen molar-refractivity contribution in [2.45, 2.75) is 0 Å². The van der Waals surface area contributed by atoms with Crippen molar-refractivity contribution >= 4 is 23.3 Å². The lowest BCUT2D eigenvalue weighted by atomic mass is 10.2. The van der Waals surface area contributed by atoms with Crippen LogP contribution in [-0.2, 0) is 4.57 Å². The molecule has 0 amide bonds. The molecule has 2 nitrogen and oxygen atoms in total. The fraction of sp³-hybridized carbons (Fsp3) is 0.200. The van der Waals surface area contributed by atoms with Crippen LogP contribution in [0.2, 0.25) is 0 Å². The smallest absolute Gasteiger partial charge is 0.111 e. The van der Waals surface area contributed by atoms with Gasteiger partial charge in [0.05, 0.1) is 5.52 Å². The third-order valence-corrected chi connectivity index (χ3v) is 3.68. The molecule has 1 aromatic carbocycles. The number of hydrogen-bond donors (Lipinski definition) is 1. The Labute approximate surface area is 77.3 Å². The van der Waals surface area contributed by atoms with Crippen LogP contribution in [-0.4, -0.2) is 18.3 Å². The van der Waals surface area contributed by atoms with E-state index in [1.807, 2.05) is 30.5 Å². The molecule has 2 aromatic rings. The number of rotatable bonds is 1. The monoisotopic (exact) mass is 193 g/mol. The highest BCUT2D eigenvalue weighted by Gasteiger charge is 2.14. The second-order valence-corrected chi connectivity index (χ2v) is 6.75. The van der Waals surface area contributed by atoms with Gasteiger partial charge in [-0.15, -0.1) is 0 Å². The molecule has 1 aromatic heterocycles. The maximum absolute atomic E-state index is 11.9. The van der Waals surface area contributed by atoms with Gasteiger partial charge in [-0.2, -0.15) is 0 Å². The zero-order valence-electron chi connectivity index (χ0n) is 7.74. The van der Waals surface area contributed by atoms with Crippen molar-refractivity contribution in [2.75, 3.05) is 13.3 Å². The van der Waals surface area contributed by atoms with Gasteiger partial charge >= 0.3 is 0 Å². The van der Waals surface area contributed by atoms with Gasteiger partial charge in [0.15, 0.2) is 0 Å². The van der Waals surface area contributed by atoms with Crippen molar-refractivity contribution in [3.05, 3.63) is 30.5 Å². The number of para-hydroxylation sites is 1. The minimum absolute atomic E-state index is 0.940. The van der Waals surface area contributed by atoms with Crippen LogP contribution in [0.1, 0.15) is 0 Å². The second-order valence-electron chi connectivity index (χ2n) is 3.57. The van der Waals surface area contributed by atoms with Crippen LogP contribution in [0.4, 0.5) is 0 Å². The maximum atomic E-state index is 11.9. The van der Waals surface area contributed by atoms with Crippen LogP contribution < -0.4 is 5.30 Å². The molecular formula is C10H12NOP. The molecule has 0 spiro atoms. The third-order valence-electron chi connectivity index (χ3n) is 2.15. The molecule has 0 unspecified atom stereocenters. The molecule has 0 atom stereocenters. The zero-order valence-corrected chi connectivity index (χ0v) is 8.64. The summed E-state index contributed by atoms with van der Waals surface area (Å²) in [6, 6.07) is 7.89. The van der Waals surface area contributed by atoms with E-state index in [1.54, 1.807) is 13.3 Å². The van der Waals surface area contributed by atoms with Crippen LogP contribution in [0.5, 0.6) is 0 Å². The molecule has 0 saturated carbocycles. The molecule has 0 aliphatic carbocycles. The van der Waals surface area contributed by atoms with Crippen LogP contribution in [0, 0.1) is 0 Å². The third kappa shape index (κ3) is 1.42. The van der Waals surface area contributed by atoms with Crippen molar-refractivity contribution in [3.8, 4) is 0 Å². The molecule has 68 valence electrons. The van der Waals surface area contributed by atoms with Crippen molar-refractivity contribution in [2.24, 2.45) is 0 Å². The molecule has 0 radical (unpaired) electrons. The summed E-state index contributed by atoms with van der Waals surface area (Å²) in [5, 5.41) is 2.07. The Balaban J connectivity index is 2.83. The average molecular weight is 193 g/mol. The molecule has 2 rings (SSSR count). The lowest BCUT2D eigenvalue weighted by Crippen LogP contribution is -2.03. The number of aromatic amines is 1. The minimum atomic E-state index is -2.16. The molecule has 0 saturated heterocycles. The number of nitrogens with one attached hydrogen (secondary N) is 1. The topological polar surface area (TPSA) is 32.9 Å². The Morgan fingerprint density at radius 2 is 2.00 bits per heavy atom. The van der Waals surface area contributed by atoms with Gasteiger partial charge in [0.2, 0.25) is 0 Å². The Hall–Kier alpha value is -1.01. The molecule has 0 fully saturated rings. The van der Waals surface area contributed by atoms with Crippen molar-refractivity contribution in [1.82, 2.24) is 4.98 Å². The molecule has 0 aliphatic rings. The first-order chi connectivity index (χ1) is 6.09. The van der Waals surface area contributed by atoms with E-state index < -0.39 is 7.14 Å². The predicted octanol–water partition coefficient (Wildman–Crippen LogP) is 2.42. The van der Waals surface area contributed by atoms with Gasteiger partial charge in [-0.3, -0.25) is 0 Å². The summed E-state index contributed by atoms with van der Waals surface area (Å²) in [5.74, 6) is 0. The van der Waals surface area contributed by atoms with Gasteiger partial charge in [-0.25, -0.2) is 0 Å². The van der Waals surface area contributed by atoms with Gasteiger partial charge < -0.3 is 9.55 Å². The van der Waals surface area contributed by atoms with Crippen LogP contribution in [0.25, 0.3) is 10.9 Å². The zero-order chi connectivity index (χ0) is 9.47. The number of benzene rings is 1. The van der Waals surface area contributed by atoms with E-state index in [1.165, 1.54) is 0 Å². The van der Waals surface area contributed by atoms with Crippen molar-refractivity contribution in [1.29, 1.82) is 0 Å².